The normalized spacial score (nSPS) is 12.3. The van der Waals surface area contributed by atoms with Gasteiger partial charge in [-0.05, 0) is 26.7 Å². The lowest BCUT2D eigenvalue weighted by atomic mass is 10.1. The molecule has 0 heterocycles. The lowest BCUT2D eigenvalue weighted by Gasteiger charge is -2.25. The van der Waals surface area contributed by atoms with E-state index < -0.39 is 0 Å². The molecular formula is C15H29NO4. The van der Waals surface area contributed by atoms with Crippen LogP contribution >= 0.6 is 0 Å². The fourth-order valence-electron chi connectivity index (χ4n) is 1.87. The van der Waals surface area contributed by atoms with Crippen molar-refractivity contribution in [3.05, 3.63) is 0 Å². The highest BCUT2D eigenvalue weighted by molar-refractivity contribution is 5.77. The minimum Gasteiger partial charge on any atom is -0.469 e. The topological polar surface area (TPSA) is 55.8 Å². The maximum absolute atomic E-state index is 12.1. The fourth-order valence-corrected chi connectivity index (χ4v) is 1.87. The number of carbonyl (C=O) groups excluding carboxylic acids is 2. The Hall–Kier alpha value is -1.10. The van der Waals surface area contributed by atoms with Gasteiger partial charge in [-0.25, -0.2) is 0 Å². The lowest BCUT2D eigenvalue weighted by molar-refractivity contribution is -0.146. The molecule has 0 aromatic carbocycles. The van der Waals surface area contributed by atoms with Gasteiger partial charge in [0.2, 0.25) is 5.91 Å². The predicted molar refractivity (Wildman–Crippen MR) is 78.4 cm³/mol. The van der Waals surface area contributed by atoms with E-state index in [4.69, 9.17) is 9.47 Å². The van der Waals surface area contributed by atoms with Crippen molar-refractivity contribution in [2.45, 2.75) is 53.1 Å². The molecule has 0 bridgehead atoms. The van der Waals surface area contributed by atoms with Crippen LogP contribution in [0.1, 0.15) is 47.0 Å². The molecule has 0 fully saturated rings. The summed E-state index contributed by atoms with van der Waals surface area (Å²) >= 11 is 0. The molecule has 0 aromatic heterocycles. The summed E-state index contributed by atoms with van der Waals surface area (Å²) in [6.07, 6.45) is 2.30. The minimum atomic E-state index is -0.299. The molecule has 5 heteroatoms. The molecule has 118 valence electrons. The van der Waals surface area contributed by atoms with Gasteiger partial charge in [-0.1, -0.05) is 13.8 Å². The molecule has 0 rings (SSSR count). The number of nitrogens with zero attached hydrogens (tertiary/aromatic N) is 1. The van der Waals surface area contributed by atoms with Crippen LogP contribution in [0.25, 0.3) is 0 Å². The molecule has 0 aliphatic heterocycles. The summed E-state index contributed by atoms with van der Waals surface area (Å²) in [5.41, 5.74) is 0. The van der Waals surface area contributed by atoms with Crippen molar-refractivity contribution in [3.8, 4) is 0 Å². The van der Waals surface area contributed by atoms with Gasteiger partial charge in [0, 0.05) is 26.1 Å². The highest BCUT2D eigenvalue weighted by Gasteiger charge is 2.20. The van der Waals surface area contributed by atoms with Crippen LogP contribution < -0.4 is 0 Å². The van der Waals surface area contributed by atoms with Crippen LogP contribution in [0.2, 0.25) is 0 Å². The first-order valence-corrected chi connectivity index (χ1v) is 7.39. The summed E-state index contributed by atoms with van der Waals surface area (Å²) in [5.74, 6) is -0.489. The Kier molecular flexibility index (Phi) is 10.1. The molecule has 0 aliphatic carbocycles. The maximum atomic E-state index is 12.1. The van der Waals surface area contributed by atoms with Gasteiger partial charge < -0.3 is 14.4 Å². The van der Waals surface area contributed by atoms with E-state index in [0.717, 1.165) is 12.8 Å². The van der Waals surface area contributed by atoms with Crippen molar-refractivity contribution in [2.24, 2.45) is 5.92 Å². The second-order valence-corrected chi connectivity index (χ2v) is 5.29. The predicted octanol–water partition coefficient (Wildman–Crippen LogP) is 2.24. The zero-order chi connectivity index (χ0) is 15.5. The number of carbonyl (C=O) groups is 2. The van der Waals surface area contributed by atoms with E-state index in [1.807, 2.05) is 20.8 Å². The van der Waals surface area contributed by atoms with Crippen LogP contribution in [-0.4, -0.2) is 49.7 Å². The van der Waals surface area contributed by atoms with E-state index >= 15 is 0 Å². The molecule has 1 atom stereocenters. The molecule has 0 aliphatic rings. The van der Waals surface area contributed by atoms with Gasteiger partial charge in [0.15, 0.2) is 0 Å². The lowest BCUT2D eigenvalue weighted by Crippen LogP contribution is -2.38. The molecule has 0 N–H and O–H groups in total. The molecule has 20 heavy (non-hydrogen) atoms. The standard InChI is InChI=1S/C15H29NO4/c1-6-8-14(17)16(9-7-10-20-12(2)3)11-13(4)15(18)19-5/h12-13H,6-11H2,1-5H3. The van der Waals surface area contributed by atoms with E-state index in [1.54, 1.807) is 11.8 Å². The summed E-state index contributed by atoms with van der Waals surface area (Å²) in [5, 5.41) is 0. The van der Waals surface area contributed by atoms with Crippen LogP contribution in [0.5, 0.6) is 0 Å². The number of esters is 1. The van der Waals surface area contributed by atoms with Gasteiger partial charge in [0.05, 0.1) is 19.1 Å². The van der Waals surface area contributed by atoms with Gasteiger partial charge in [0.25, 0.3) is 0 Å². The third-order valence-electron chi connectivity index (χ3n) is 2.94. The Bertz CT molecular complexity index is 292. The molecule has 0 radical (unpaired) electrons. The van der Waals surface area contributed by atoms with Crippen molar-refractivity contribution >= 4 is 11.9 Å². The zero-order valence-corrected chi connectivity index (χ0v) is 13.5. The SMILES string of the molecule is CCCC(=O)N(CCCOC(C)C)CC(C)C(=O)OC. The highest BCUT2D eigenvalue weighted by atomic mass is 16.5. The third kappa shape index (κ3) is 8.15. The summed E-state index contributed by atoms with van der Waals surface area (Å²) in [7, 11) is 1.37. The number of hydrogen-bond donors (Lipinski definition) is 0. The van der Waals surface area contributed by atoms with E-state index in [0.29, 0.717) is 26.1 Å². The fraction of sp³-hybridized carbons (Fsp3) is 0.867. The van der Waals surface area contributed by atoms with E-state index in [9.17, 15) is 9.59 Å². The van der Waals surface area contributed by atoms with Gasteiger partial charge in [-0.15, -0.1) is 0 Å². The number of methoxy groups -OCH3 is 1. The molecule has 0 spiro atoms. The minimum absolute atomic E-state index is 0.0906. The van der Waals surface area contributed by atoms with Crippen LogP contribution in [0.4, 0.5) is 0 Å². The first-order chi connectivity index (χ1) is 9.42. The van der Waals surface area contributed by atoms with E-state index in [-0.39, 0.29) is 23.9 Å². The monoisotopic (exact) mass is 287 g/mol. The third-order valence-corrected chi connectivity index (χ3v) is 2.94. The number of hydrogen-bond acceptors (Lipinski definition) is 4. The van der Waals surface area contributed by atoms with Gasteiger partial charge in [-0.3, -0.25) is 9.59 Å². The summed E-state index contributed by atoms with van der Waals surface area (Å²) in [6.45, 7) is 9.38. The largest absolute Gasteiger partial charge is 0.469 e. The second kappa shape index (κ2) is 10.7. The molecule has 1 unspecified atom stereocenters. The molecular weight excluding hydrogens is 258 g/mol. The molecule has 1 amide bonds. The van der Waals surface area contributed by atoms with Crippen molar-refractivity contribution in [3.63, 3.8) is 0 Å². The quantitative estimate of drug-likeness (QED) is 0.457. The first kappa shape index (κ1) is 18.9. The maximum Gasteiger partial charge on any atom is 0.310 e. The number of ether oxygens (including phenoxy) is 2. The second-order valence-electron chi connectivity index (χ2n) is 5.29. The average molecular weight is 287 g/mol. The molecule has 5 nitrogen and oxygen atoms in total. The Morgan fingerprint density at radius 3 is 2.35 bits per heavy atom. The Morgan fingerprint density at radius 2 is 1.85 bits per heavy atom. The van der Waals surface area contributed by atoms with E-state index in [1.165, 1.54) is 7.11 Å². The summed E-state index contributed by atoms with van der Waals surface area (Å²) in [6, 6.07) is 0. The van der Waals surface area contributed by atoms with Gasteiger partial charge in [0.1, 0.15) is 0 Å². The van der Waals surface area contributed by atoms with Crippen molar-refractivity contribution in [1.82, 2.24) is 4.90 Å². The van der Waals surface area contributed by atoms with Crippen molar-refractivity contribution < 1.29 is 19.1 Å². The Morgan fingerprint density at radius 1 is 1.20 bits per heavy atom. The van der Waals surface area contributed by atoms with Gasteiger partial charge in [-0.2, -0.15) is 0 Å². The average Bonchev–Trinajstić information content (AvgIpc) is 2.40. The first-order valence-electron chi connectivity index (χ1n) is 7.39. The molecule has 0 aromatic rings. The van der Waals surface area contributed by atoms with Crippen LogP contribution in [0.15, 0.2) is 0 Å². The van der Waals surface area contributed by atoms with Crippen molar-refractivity contribution in [2.75, 3.05) is 26.8 Å². The molecule has 0 saturated heterocycles. The summed E-state index contributed by atoms with van der Waals surface area (Å²) < 4.78 is 10.2. The number of amides is 1. The zero-order valence-electron chi connectivity index (χ0n) is 13.5. The van der Waals surface area contributed by atoms with Crippen LogP contribution in [-0.2, 0) is 19.1 Å². The van der Waals surface area contributed by atoms with Crippen molar-refractivity contribution in [1.29, 1.82) is 0 Å². The van der Waals surface area contributed by atoms with Gasteiger partial charge >= 0.3 is 5.97 Å². The highest BCUT2D eigenvalue weighted by Crippen LogP contribution is 2.07. The Balaban J connectivity index is 4.34. The Labute approximate surface area is 122 Å². The summed E-state index contributed by atoms with van der Waals surface area (Å²) in [4.78, 5) is 25.3. The van der Waals surface area contributed by atoms with Crippen LogP contribution in [0, 0.1) is 5.92 Å². The molecule has 0 saturated carbocycles. The number of rotatable bonds is 10. The van der Waals surface area contributed by atoms with E-state index in [2.05, 4.69) is 0 Å². The van der Waals surface area contributed by atoms with Crippen LogP contribution in [0.3, 0.4) is 0 Å². The smallest absolute Gasteiger partial charge is 0.310 e.